The van der Waals surface area contributed by atoms with Crippen molar-refractivity contribution in [1.82, 2.24) is 16.0 Å². The second kappa shape index (κ2) is 7.48. The largest absolute Gasteiger partial charge is 0.357 e. The Labute approximate surface area is 115 Å². The van der Waals surface area contributed by atoms with Gasteiger partial charge in [0.25, 0.3) is 0 Å². The first-order valence-corrected chi connectivity index (χ1v) is 7.19. The van der Waals surface area contributed by atoms with Crippen LogP contribution in [0.5, 0.6) is 0 Å². The van der Waals surface area contributed by atoms with Crippen molar-refractivity contribution in [2.24, 2.45) is 11.8 Å². The summed E-state index contributed by atoms with van der Waals surface area (Å²) in [5, 5.41) is 8.86. The average molecular weight is 269 g/mol. The van der Waals surface area contributed by atoms with E-state index in [1.165, 1.54) is 0 Å². The Kier molecular flexibility index (Phi) is 6.28. The summed E-state index contributed by atoms with van der Waals surface area (Å²) in [6.45, 7) is 7.06. The molecule has 0 spiro atoms. The van der Waals surface area contributed by atoms with E-state index < -0.39 is 6.04 Å². The van der Waals surface area contributed by atoms with Crippen LogP contribution >= 0.6 is 0 Å². The molecule has 1 aliphatic heterocycles. The van der Waals surface area contributed by atoms with E-state index in [1.807, 2.05) is 0 Å². The number of piperidine rings is 1. The molecule has 3 unspecified atom stereocenters. The lowest BCUT2D eigenvalue weighted by atomic mass is 9.92. The Morgan fingerprint density at radius 2 is 2.05 bits per heavy atom. The molecule has 110 valence electrons. The summed E-state index contributed by atoms with van der Waals surface area (Å²) in [5.74, 6) is 0.303. The van der Waals surface area contributed by atoms with Crippen molar-refractivity contribution < 1.29 is 9.59 Å². The maximum absolute atomic E-state index is 12.2. The Hall–Kier alpha value is -1.10. The summed E-state index contributed by atoms with van der Waals surface area (Å²) in [6.07, 6.45) is 2.36. The van der Waals surface area contributed by atoms with Gasteiger partial charge in [-0.05, 0) is 38.6 Å². The number of hydrogen-bond acceptors (Lipinski definition) is 3. The quantitative estimate of drug-likeness (QED) is 0.686. The fraction of sp³-hybridized carbons (Fsp3) is 0.857. The maximum Gasteiger partial charge on any atom is 0.242 e. The van der Waals surface area contributed by atoms with Gasteiger partial charge in [-0.25, -0.2) is 0 Å². The highest BCUT2D eigenvalue weighted by atomic mass is 16.2. The fourth-order valence-electron chi connectivity index (χ4n) is 2.54. The molecule has 1 fully saturated rings. The molecule has 0 bridgehead atoms. The van der Waals surface area contributed by atoms with Gasteiger partial charge in [-0.15, -0.1) is 0 Å². The van der Waals surface area contributed by atoms with Gasteiger partial charge in [0, 0.05) is 19.0 Å². The van der Waals surface area contributed by atoms with Crippen molar-refractivity contribution in [3.8, 4) is 0 Å². The molecule has 0 aromatic carbocycles. The van der Waals surface area contributed by atoms with Gasteiger partial charge in [0.15, 0.2) is 0 Å². The van der Waals surface area contributed by atoms with Crippen LogP contribution in [0.1, 0.15) is 40.0 Å². The zero-order valence-corrected chi connectivity index (χ0v) is 12.5. The van der Waals surface area contributed by atoms with Crippen LogP contribution in [0.2, 0.25) is 0 Å². The van der Waals surface area contributed by atoms with E-state index in [1.54, 1.807) is 7.05 Å². The Morgan fingerprint density at radius 3 is 2.58 bits per heavy atom. The number of carbonyl (C=O) groups is 2. The second-order valence-corrected chi connectivity index (χ2v) is 5.88. The first-order chi connectivity index (χ1) is 8.93. The maximum atomic E-state index is 12.2. The van der Waals surface area contributed by atoms with Gasteiger partial charge >= 0.3 is 0 Å². The molecule has 0 aliphatic carbocycles. The highest BCUT2D eigenvalue weighted by molar-refractivity contribution is 5.88. The molecule has 19 heavy (non-hydrogen) atoms. The summed E-state index contributed by atoms with van der Waals surface area (Å²) in [5.41, 5.74) is 0. The lowest BCUT2D eigenvalue weighted by Gasteiger charge is -2.29. The number of rotatable bonds is 5. The summed E-state index contributed by atoms with van der Waals surface area (Å²) in [6, 6.07) is -0.0456. The van der Waals surface area contributed by atoms with Crippen LogP contribution in [0.4, 0.5) is 0 Å². The van der Waals surface area contributed by atoms with E-state index in [4.69, 9.17) is 0 Å². The van der Waals surface area contributed by atoms with Crippen molar-refractivity contribution in [2.45, 2.75) is 52.1 Å². The van der Waals surface area contributed by atoms with E-state index >= 15 is 0 Å². The molecule has 0 aromatic rings. The zero-order valence-electron chi connectivity index (χ0n) is 12.5. The highest BCUT2D eigenvalue weighted by Crippen LogP contribution is 2.17. The average Bonchev–Trinajstić information content (AvgIpc) is 2.36. The van der Waals surface area contributed by atoms with Gasteiger partial charge in [0.1, 0.15) is 6.04 Å². The predicted molar refractivity (Wildman–Crippen MR) is 75.6 cm³/mol. The van der Waals surface area contributed by atoms with E-state index in [0.717, 1.165) is 19.4 Å². The van der Waals surface area contributed by atoms with Gasteiger partial charge in [-0.3, -0.25) is 9.59 Å². The van der Waals surface area contributed by atoms with Crippen molar-refractivity contribution in [3.63, 3.8) is 0 Å². The van der Waals surface area contributed by atoms with Crippen LogP contribution in [-0.4, -0.2) is 37.5 Å². The lowest BCUT2D eigenvalue weighted by Crippen LogP contribution is -2.50. The molecule has 5 heteroatoms. The van der Waals surface area contributed by atoms with Crippen LogP contribution in [0, 0.1) is 11.8 Å². The van der Waals surface area contributed by atoms with Crippen molar-refractivity contribution in [1.29, 1.82) is 0 Å². The topological polar surface area (TPSA) is 70.2 Å². The summed E-state index contributed by atoms with van der Waals surface area (Å²) in [7, 11) is 1.61. The van der Waals surface area contributed by atoms with E-state index in [2.05, 4.69) is 36.7 Å². The molecule has 5 nitrogen and oxygen atoms in total. The lowest BCUT2D eigenvalue weighted by molar-refractivity contribution is -0.132. The third kappa shape index (κ3) is 5.19. The molecule has 0 aromatic heterocycles. The standard InChI is InChI=1S/C14H27N3O2/c1-9(2)7-12(14(19)15-4)17-13(18)11-5-6-16-10(3)8-11/h9-12,16H,5-8H2,1-4H3,(H,15,19)(H,17,18). The molecular weight excluding hydrogens is 242 g/mol. The monoisotopic (exact) mass is 269 g/mol. The van der Waals surface area contributed by atoms with Crippen molar-refractivity contribution in [2.75, 3.05) is 13.6 Å². The van der Waals surface area contributed by atoms with Crippen LogP contribution in [-0.2, 0) is 9.59 Å². The minimum absolute atomic E-state index is 0.0163. The van der Waals surface area contributed by atoms with Gasteiger partial charge in [0.05, 0.1) is 0 Å². The van der Waals surface area contributed by atoms with Gasteiger partial charge in [-0.2, -0.15) is 0 Å². The molecule has 2 amide bonds. The van der Waals surface area contributed by atoms with E-state index in [9.17, 15) is 9.59 Å². The highest BCUT2D eigenvalue weighted by Gasteiger charge is 2.28. The molecule has 3 N–H and O–H groups in total. The third-order valence-electron chi connectivity index (χ3n) is 3.58. The first-order valence-electron chi connectivity index (χ1n) is 7.19. The van der Waals surface area contributed by atoms with Crippen LogP contribution in [0.3, 0.4) is 0 Å². The number of amides is 2. The van der Waals surface area contributed by atoms with Crippen LogP contribution in [0.15, 0.2) is 0 Å². The zero-order chi connectivity index (χ0) is 14.4. The van der Waals surface area contributed by atoms with Gasteiger partial charge in [0.2, 0.25) is 11.8 Å². The predicted octanol–water partition coefficient (Wildman–Crippen LogP) is 0.651. The Balaban J connectivity index is 2.57. The summed E-state index contributed by atoms with van der Waals surface area (Å²) >= 11 is 0. The Bertz CT molecular complexity index is 318. The normalized spacial score (nSPS) is 24.9. The Morgan fingerprint density at radius 1 is 1.37 bits per heavy atom. The molecule has 1 heterocycles. The third-order valence-corrected chi connectivity index (χ3v) is 3.58. The van der Waals surface area contributed by atoms with Crippen molar-refractivity contribution >= 4 is 11.8 Å². The number of hydrogen-bond donors (Lipinski definition) is 3. The van der Waals surface area contributed by atoms with E-state index in [0.29, 0.717) is 18.4 Å². The molecule has 0 radical (unpaired) electrons. The second-order valence-electron chi connectivity index (χ2n) is 5.88. The molecule has 1 rings (SSSR count). The number of nitrogens with one attached hydrogen (secondary N) is 3. The SMILES string of the molecule is CNC(=O)C(CC(C)C)NC(=O)C1CCNC(C)C1. The molecule has 0 saturated carbocycles. The minimum atomic E-state index is -0.414. The fourth-order valence-corrected chi connectivity index (χ4v) is 2.54. The smallest absolute Gasteiger partial charge is 0.242 e. The number of likely N-dealkylation sites (N-methyl/N-ethyl adjacent to an activating group) is 1. The number of carbonyl (C=O) groups excluding carboxylic acids is 2. The summed E-state index contributed by atoms with van der Waals surface area (Å²) in [4.78, 5) is 24.0. The molecule has 1 aliphatic rings. The van der Waals surface area contributed by atoms with Crippen LogP contribution in [0.25, 0.3) is 0 Å². The van der Waals surface area contributed by atoms with Gasteiger partial charge in [-0.1, -0.05) is 13.8 Å². The molecular formula is C14H27N3O2. The van der Waals surface area contributed by atoms with Gasteiger partial charge < -0.3 is 16.0 Å². The molecule has 3 atom stereocenters. The minimum Gasteiger partial charge on any atom is -0.357 e. The van der Waals surface area contributed by atoms with E-state index in [-0.39, 0.29) is 17.7 Å². The van der Waals surface area contributed by atoms with Crippen LogP contribution < -0.4 is 16.0 Å². The first kappa shape index (κ1) is 16.0. The van der Waals surface area contributed by atoms with Crippen molar-refractivity contribution in [3.05, 3.63) is 0 Å². The molecule has 1 saturated heterocycles. The summed E-state index contributed by atoms with van der Waals surface area (Å²) < 4.78 is 0.